The van der Waals surface area contributed by atoms with E-state index in [-0.39, 0.29) is 4.64 Å². The van der Waals surface area contributed by atoms with E-state index in [0.29, 0.717) is 16.7 Å². The van der Waals surface area contributed by atoms with Crippen LogP contribution in [0.1, 0.15) is 16.7 Å². The maximum Gasteiger partial charge on any atom is 0.238 e. The van der Waals surface area contributed by atoms with Crippen molar-refractivity contribution >= 4 is 10.3 Å². The van der Waals surface area contributed by atoms with Crippen LogP contribution in [0, 0.1) is 16.8 Å². The highest BCUT2D eigenvalue weighted by Gasteiger charge is 2.03. The van der Waals surface area contributed by atoms with E-state index < -0.39 is 10.3 Å². The quantitative estimate of drug-likeness (QED) is 0.779. The van der Waals surface area contributed by atoms with Gasteiger partial charge in [-0.2, -0.15) is 8.42 Å². The molecule has 0 aliphatic carbocycles. The maximum absolute atomic E-state index is 11.5. The maximum atomic E-state index is 11.5. The monoisotopic (exact) mass is 262 g/mol. The SMILES string of the molecule is Cc1ccccc1Cc1cccn([O-])c1=S(=O)=O. The molecule has 0 amide bonds. The summed E-state index contributed by atoms with van der Waals surface area (Å²) in [6, 6.07) is 10.9. The lowest BCUT2D eigenvalue weighted by Crippen LogP contribution is -2.00. The van der Waals surface area contributed by atoms with Gasteiger partial charge in [0.25, 0.3) is 0 Å². The van der Waals surface area contributed by atoms with Gasteiger partial charge in [-0.15, -0.1) is 0 Å². The summed E-state index contributed by atoms with van der Waals surface area (Å²) in [4.78, 5) is 0. The molecule has 5 heteroatoms. The first-order chi connectivity index (χ1) is 8.59. The molecule has 94 valence electrons. The Morgan fingerprint density at radius 1 is 1.11 bits per heavy atom. The third-order valence-electron chi connectivity index (χ3n) is 2.79. The fourth-order valence-corrected chi connectivity index (χ4v) is 2.41. The van der Waals surface area contributed by atoms with Crippen LogP contribution in [0.15, 0.2) is 42.6 Å². The highest BCUT2D eigenvalue weighted by atomic mass is 32.2. The van der Waals surface area contributed by atoms with Gasteiger partial charge in [-0.1, -0.05) is 30.3 Å². The molecule has 0 saturated heterocycles. The van der Waals surface area contributed by atoms with Crippen LogP contribution >= 0.6 is 0 Å². The van der Waals surface area contributed by atoms with Crippen LogP contribution in [0.2, 0.25) is 0 Å². The smallest absolute Gasteiger partial charge is 0.238 e. The second-order valence-electron chi connectivity index (χ2n) is 4.00. The van der Waals surface area contributed by atoms with E-state index >= 15 is 0 Å². The summed E-state index contributed by atoms with van der Waals surface area (Å²) in [5.41, 5.74) is 2.59. The van der Waals surface area contributed by atoms with E-state index in [2.05, 4.69) is 0 Å². The average molecular weight is 262 g/mol. The topological polar surface area (TPSA) is 62.1 Å². The predicted octanol–water partition coefficient (Wildman–Crippen LogP) is 2.14. The molecule has 0 aliphatic rings. The van der Waals surface area contributed by atoms with Crippen LogP contribution in [0.4, 0.5) is 0 Å². The third kappa shape index (κ3) is 2.46. The van der Waals surface area contributed by atoms with E-state index in [4.69, 9.17) is 0 Å². The standard InChI is InChI=1S/C13H12NO3S/c1-10-5-2-3-6-11(10)9-12-7-4-8-14(15)13(12)18(16)17/h2-8H,9H2,1H3/q-1. The normalized spacial score (nSPS) is 10.3. The Labute approximate surface area is 106 Å². The fraction of sp³-hybridized carbons (Fsp3) is 0.154. The molecule has 1 heterocycles. The number of hydrogen-bond acceptors (Lipinski definition) is 3. The zero-order valence-electron chi connectivity index (χ0n) is 9.83. The van der Waals surface area contributed by atoms with Crippen molar-refractivity contribution < 1.29 is 8.42 Å². The first kappa shape index (κ1) is 12.4. The van der Waals surface area contributed by atoms with Gasteiger partial charge in [0.05, 0.1) is 0 Å². The molecule has 0 atom stereocenters. The second-order valence-corrected chi connectivity index (χ2v) is 4.86. The summed E-state index contributed by atoms with van der Waals surface area (Å²) in [7, 11) is -2.53. The van der Waals surface area contributed by atoms with Crippen molar-refractivity contribution in [1.29, 1.82) is 0 Å². The number of aromatic nitrogens is 1. The van der Waals surface area contributed by atoms with Crippen molar-refractivity contribution in [3.8, 4) is 0 Å². The highest BCUT2D eigenvalue weighted by Crippen LogP contribution is 2.14. The second kappa shape index (κ2) is 5.10. The van der Waals surface area contributed by atoms with E-state index in [1.807, 2.05) is 31.2 Å². The molecule has 0 unspecified atom stereocenters. The van der Waals surface area contributed by atoms with Gasteiger partial charge in [0, 0.05) is 6.42 Å². The Morgan fingerprint density at radius 2 is 1.78 bits per heavy atom. The first-order valence-electron chi connectivity index (χ1n) is 5.44. The number of benzene rings is 1. The molecule has 0 spiro atoms. The molecule has 2 aromatic rings. The molecule has 0 radical (unpaired) electrons. The minimum atomic E-state index is -2.53. The van der Waals surface area contributed by atoms with Gasteiger partial charge in [0.2, 0.25) is 10.3 Å². The summed E-state index contributed by atoms with van der Waals surface area (Å²) < 4.78 is 22.4. The van der Waals surface area contributed by atoms with Crippen LogP contribution < -0.4 is 0 Å². The molecule has 4 nitrogen and oxygen atoms in total. The van der Waals surface area contributed by atoms with Gasteiger partial charge in [0.1, 0.15) is 0 Å². The van der Waals surface area contributed by atoms with Crippen LogP contribution in [-0.4, -0.2) is 13.1 Å². The molecule has 0 N–H and O–H groups in total. The van der Waals surface area contributed by atoms with Gasteiger partial charge in [0.15, 0.2) is 4.64 Å². The van der Waals surface area contributed by atoms with Gasteiger partial charge in [-0.3, -0.25) is 0 Å². The van der Waals surface area contributed by atoms with Crippen LogP contribution in [0.3, 0.4) is 0 Å². The zero-order chi connectivity index (χ0) is 13.1. The fourth-order valence-electron chi connectivity index (χ4n) is 1.85. The summed E-state index contributed by atoms with van der Waals surface area (Å²) in [6.45, 7) is 1.96. The molecule has 0 saturated carbocycles. The van der Waals surface area contributed by atoms with Crippen molar-refractivity contribution in [2.75, 3.05) is 0 Å². The predicted molar refractivity (Wildman–Crippen MR) is 69.3 cm³/mol. The van der Waals surface area contributed by atoms with Crippen molar-refractivity contribution in [2.45, 2.75) is 13.3 Å². The number of rotatable bonds is 2. The molecular weight excluding hydrogens is 250 g/mol. The molecular formula is C13H12NO3S-. The third-order valence-corrected chi connectivity index (χ3v) is 3.55. The largest absolute Gasteiger partial charge is 0.805 e. The average Bonchev–Trinajstić information content (AvgIpc) is 2.31. The van der Waals surface area contributed by atoms with Gasteiger partial charge < -0.3 is 9.94 Å². The lowest BCUT2D eigenvalue weighted by Gasteiger charge is -2.12. The molecule has 1 aromatic heterocycles. The molecule has 0 fully saturated rings. The molecule has 0 bridgehead atoms. The van der Waals surface area contributed by atoms with E-state index in [9.17, 15) is 13.6 Å². The Bertz CT molecular complexity index is 737. The van der Waals surface area contributed by atoms with Crippen molar-refractivity contribution in [2.24, 2.45) is 0 Å². The molecule has 1 aromatic carbocycles. The van der Waals surface area contributed by atoms with Crippen LogP contribution in [-0.2, 0) is 16.7 Å². The Balaban J connectivity index is 2.59. The number of nitrogens with zero attached hydrogens (tertiary/aromatic N) is 1. The molecule has 2 rings (SSSR count). The van der Waals surface area contributed by atoms with Gasteiger partial charge >= 0.3 is 0 Å². The van der Waals surface area contributed by atoms with E-state index in [1.165, 1.54) is 6.20 Å². The summed E-state index contributed by atoms with van der Waals surface area (Å²) in [6.07, 6.45) is 1.62. The van der Waals surface area contributed by atoms with Crippen molar-refractivity contribution in [3.63, 3.8) is 0 Å². The zero-order valence-corrected chi connectivity index (χ0v) is 10.6. The van der Waals surface area contributed by atoms with Gasteiger partial charge in [-0.25, -0.2) is 0 Å². The van der Waals surface area contributed by atoms with Gasteiger partial charge in [-0.05, 0) is 35.9 Å². The Morgan fingerprint density at radius 3 is 2.44 bits per heavy atom. The lowest BCUT2D eigenvalue weighted by molar-refractivity contribution is 0.623. The van der Waals surface area contributed by atoms with Crippen molar-refractivity contribution in [3.05, 3.63) is 69.1 Å². The molecule has 0 aliphatic heterocycles. The summed E-state index contributed by atoms with van der Waals surface area (Å²) in [5.74, 6) is 0. The molecule has 18 heavy (non-hydrogen) atoms. The minimum absolute atomic E-state index is 0.208. The number of pyridine rings is 1. The first-order valence-corrected chi connectivity index (χ1v) is 6.52. The van der Waals surface area contributed by atoms with E-state index in [1.54, 1.807) is 12.1 Å². The summed E-state index contributed by atoms with van der Waals surface area (Å²) >= 11 is 0. The van der Waals surface area contributed by atoms with E-state index in [0.717, 1.165) is 11.1 Å². The number of aryl methyl sites for hydroxylation is 1. The summed E-state index contributed by atoms with van der Waals surface area (Å²) in [5, 5.41) is 11.5. The Kier molecular flexibility index (Phi) is 3.53. The van der Waals surface area contributed by atoms with Crippen LogP contribution in [0.5, 0.6) is 0 Å². The lowest BCUT2D eigenvalue weighted by atomic mass is 10.0. The number of hydrogen-bond donors (Lipinski definition) is 0. The van der Waals surface area contributed by atoms with Crippen molar-refractivity contribution in [1.82, 2.24) is 4.73 Å². The Hall–Kier alpha value is -2.01. The van der Waals surface area contributed by atoms with Crippen LogP contribution in [0.25, 0.3) is 0 Å². The minimum Gasteiger partial charge on any atom is -0.805 e. The highest BCUT2D eigenvalue weighted by molar-refractivity contribution is 7.63.